The number of carbonyl (C=O) groups is 1. The van der Waals surface area contributed by atoms with Gasteiger partial charge in [0.05, 0.1) is 5.56 Å². The van der Waals surface area contributed by atoms with Crippen molar-refractivity contribution in [3.63, 3.8) is 0 Å². The number of amides is 1. The fourth-order valence-electron chi connectivity index (χ4n) is 4.51. The molecule has 0 aliphatic rings. The van der Waals surface area contributed by atoms with E-state index in [1.54, 1.807) is 6.20 Å². The van der Waals surface area contributed by atoms with Crippen LogP contribution in [0.15, 0.2) is 89.5 Å². The number of benzene rings is 4. The van der Waals surface area contributed by atoms with E-state index in [0.717, 1.165) is 44.1 Å². The molecule has 2 N–H and O–H groups in total. The minimum atomic E-state index is -0.133. The first-order valence-corrected chi connectivity index (χ1v) is 11.4. The van der Waals surface area contributed by atoms with E-state index in [1.807, 2.05) is 80.6 Å². The minimum absolute atomic E-state index is 0.133. The Labute approximate surface area is 201 Å². The fourth-order valence-corrected chi connectivity index (χ4v) is 4.51. The monoisotopic (exact) mass is 458 g/mol. The lowest BCUT2D eigenvalue weighted by Crippen LogP contribution is -2.15. The molecule has 6 heteroatoms. The van der Waals surface area contributed by atoms with Crippen LogP contribution in [0.1, 0.15) is 21.5 Å². The van der Waals surface area contributed by atoms with Crippen molar-refractivity contribution in [3.05, 3.63) is 102 Å². The van der Waals surface area contributed by atoms with E-state index in [9.17, 15) is 4.79 Å². The molecule has 6 aromatic rings. The van der Waals surface area contributed by atoms with Gasteiger partial charge < -0.3 is 9.73 Å². The predicted molar refractivity (Wildman–Crippen MR) is 138 cm³/mol. The second kappa shape index (κ2) is 8.25. The van der Waals surface area contributed by atoms with Gasteiger partial charge in [0.15, 0.2) is 5.58 Å². The van der Waals surface area contributed by atoms with Crippen LogP contribution in [0.2, 0.25) is 0 Å². The van der Waals surface area contributed by atoms with Gasteiger partial charge >= 0.3 is 0 Å². The van der Waals surface area contributed by atoms with Crippen molar-refractivity contribution in [3.8, 4) is 22.7 Å². The van der Waals surface area contributed by atoms with Crippen LogP contribution in [0.5, 0.6) is 0 Å². The smallest absolute Gasteiger partial charge is 0.256 e. The normalized spacial score (nSPS) is 11.3. The van der Waals surface area contributed by atoms with Crippen molar-refractivity contribution in [2.24, 2.45) is 0 Å². The number of aryl methyl sites for hydroxylation is 2. The predicted octanol–water partition coefficient (Wildman–Crippen LogP) is 6.91. The fraction of sp³-hybridized carbons (Fsp3) is 0.0690. The summed E-state index contributed by atoms with van der Waals surface area (Å²) in [7, 11) is 0. The highest BCUT2D eigenvalue weighted by Gasteiger charge is 2.18. The number of nitrogens with one attached hydrogen (secondary N) is 2. The van der Waals surface area contributed by atoms with Gasteiger partial charge in [-0.1, -0.05) is 54.6 Å². The molecule has 0 atom stereocenters. The molecule has 0 saturated carbocycles. The molecule has 0 spiro atoms. The summed E-state index contributed by atoms with van der Waals surface area (Å²) in [5.41, 5.74) is 7.07. The van der Waals surface area contributed by atoms with E-state index in [2.05, 4.69) is 27.6 Å². The molecular weight excluding hydrogens is 436 g/mol. The van der Waals surface area contributed by atoms with Crippen LogP contribution < -0.4 is 5.32 Å². The largest absolute Gasteiger partial charge is 0.436 e. The Bertz CT molecular complexity index is 1660. The van der Waals surface area contributed by atoms with Crippen molar-refractivity contribution in [2.75, 3.05) is 5.32 Å². The number of carbonyl (C=O) groups excluding carboxylic acids is 1. The molecule has 170 valence electrons. The van der Waals surface area contributed by atoms with Crippen LogP contribution in [-0.2, 0) is 0 Å². The molecule has 2 aromatic heterocycles. The maximum atomic E-state index is 13.0. The Hall–Kier alpha value is -4.71. The van der Waals surface area contributed by atoms with Crippen molar-refractivity contribution in [2.45, 2.75) is 13.8 Å². The lowest BCUT2D eigenvalue weighted by Gasteiger charge is -2.11. The molecule has 0 radical (unpaired) electrons. The number of anilines is 1. The third-order valence-corrected chi connectivity index (χ3v) is 6.23. The SMILES string of the molecule is Cc1cccc(C)c1C(=O)Nc1cccc(-c2n[nH]cc2-c2nc3cc4ccccc4cc3o2)c1. The average molecular weight is 459 g/mol. The zero-order chi connectivity index (χ0) is 23.9. The summed E-state index contributed by atoms with van der Waals surface area (Å²) in [4.78, 5) is 17.7. The number of hydrogen-bond acceptors (Lipinski definition) is 4. The van der Waals surface area contributed by atoms with Gasteiger partial charge in [-0.05, 0) is 60.0 Å². The second-order valence-corrected chi connectivity index (χ2v) is 8.64. The van der Waals surface area contributed by atoms with Crippen molar-refractivity contribution in [1.82, 2.24) is 15.2 Å². The van der Waals surface area contributed by atoms with E-state index >= 15 is 0 Å². The second-order valence-electron chi connectivity index (χ2n) is 8.64. The first kappa shape index (κ1) is 20.9. The highest BCUT2D eigenvalue weighted by molar-refractivity contribution is 6.06. The third-order valence-electron chi connectivity index (χ3n) is 6.23. The first-order chi connectivity index (χ1) is 17.1. The summed E-state index contributed by atoms with van der Waals surface area (Å²) in [6.45, 7) is 3.88. The molecule has 0 aliphatic heterocycles. The van der Waals surface area contributed by atoms with E-state index in [0.29, 0.717) is 22.8 Å². The highest BCUT2D eigenvalue weighted by Crippen LogP contribution is 2.34. The summed E-state index contributed by atoms with van der Waals surface area (Å²) < 4.78 is 6.12. The highest BCUT2D eigenvalue weighted by atomic mass is 16.3. The molecule has 0 aliphatic carbocycles. The van der Waals surface area contributed by atoms with Gasteiger partial charge in [-0.2, -0.15) is 5.10 Å². The summed E-state index contributed by atoms with van der Waals surface area (Å²) >= 11 is 0. The van der Waals surface area contributed by atoms with E-state index in [4.69, 9.17) is 9.40 Å². The van der Waals surface area contributed by atoms with Gasteiger partial charge in [-0.15, -0.1) is 0 Å². The van der Waals surface area contributed by atoms with Crippen LogP contribution in [0.4, 0.5) is 5.69 Å². The Kier molecular flexibility index (Phi) is 4.92. The minimum Gasteiger partial charge on any atom is -0.436 e. The lowest BCUT2D eigenvalue weighted by atomic mass is 10.0. The molecule has 4 aromatic carbocycles. The number of fused-ring (bicyclic) bond motifs is 2. The molecule has 0 saturated heterocycles. The molecule has 6 rings (SSSR count). The molecular formula is C29H22N4O2. The van der Waals surface area contributed by atoms with Crippen LogP contribution in [0.3, 0.4) is 0 Å². The van der Waals surface area contributed by atoms with Crippen molar-refractivity contribution < 1.29 is 9.21 Å². The number of aromatic nitrogens is 3. The molecule has 0 fully saturated rings. The number of rotatable bonds is 4. The number of nitrogens with zero attached hydrogens (tertiary/aromatic N) is 2. The van der Waals surface area contributed by atoms with E-state index in [1.165, 1.54) is 0 Å². The number of hydrogen-bond donors (Lipinski definition) is 2. The van der Waals surface area contributed by atoms with Gasteiger partial charge in [0, 0.05) is 23.0 Å². The van der Waals surface area contributed by atoms with Gasteiger partial charge in [0.2, 0.25) is 5.89 Å². The van der Waals surface area contributed by atoms with Crippen molar-refractivity contribution >= 4 is 33.5 Å². The van der Waals surface area contributed by atoms with E-state index in [-0.39, 0.29) is 5.91 Å². The van der Waals surface area contributed by atoms with Crippen LogP contribution in [-0.4, -0.2) is 21.1 Å². The maximum absolute atomic E-state index is 13.0. The van der Waals surface area contributed by atoms with Crippen LogP contribution in [0, 0.1) is 13.8 Å². The molecule has 0 bridgehead atoms. The van der Waals surface area contributed by atoms with Crippen LogP contribution >= 0.6 is 0 Å². The van der Waals surface area contributed by atoms with Gasteiger partial charge in [-0.25, -0.2) is 4.98 Å². The Morgan fingerprint density at radius 1 is 0.886 bits per heavy atom. The molecule has 2 heterocycles. The molecule has 0 unspecified atom stereocenters. The summed E-state index contributed by atoms with van der Waals surface area (Å²) in [6.07, 6.45) is 1.78. The topological polar surface area (TPSA) is 83.8 Å². The number of H-pyrrole nitrogens is 1. The van der Waals surface area contributed by atoms with E-state index < -0.39 is 0 Å². The summed E-state index contributed by atoms with van der Waals surface area (Å²) in [5, 5.41) is 12.6. The first-order valence-electron chi connectivity index (χ1n) is 11.4. The zero-order valence-electron chi connectivity index (χ0n) is 19.3. The Balaban J connectivity index is 1.35. The average Bonchev–Trinajstić information content (AvgIpc) is 3.49. The Morgan fingerprint density at radius 2 is 1.63 bits per heavy atom. The summed E-state index contributed by atoms with van der Waals surface area (Å²) in [6, 6.07) is 25.6. The Morgan fingerprint density at radius 3 is 2.43 bits per heavy atom. The summed E-state index contributed by atoms with van der Waals surface area (Å²) in [5.74, 6) is 0.357. The van der Waals surface area contributed by atoms with Gasteiger partial charge in [0.25, 0.3) is 5.91 Å². The standard InChI is InChI=1S/C29H22N4O2/c1-17-7-5-8-18(2)26(17)28(34)31-22-12-6-11-21(13-22)27-23(16-30-33-27)29-32-24-14-19-9-3-4-10-20(19)15-25(24)35-29/h3-16H,1-2H3,(H,30,33)(H,31,34). The van der Waals surface area contributed by atoms with Gasteiger partial charge in [-0.3, -0.25) is 9.89 Å². The quantitative estimate of drug-likeness (QED) is 0.301. The lowest BCUT2D eigenvalue weighted by molar-refractivity contribution is 0.102. The van der Waals surface area contributed by atoms with Gasteiger partial charge in [0.1, 0.15) is 11.2 Å². The number of oxazole rings is 1. The van der Waals surface area contributed by atoms with Crippen molar-refractivity contribution in [1.29, 1.82) is 0 Å². The molecule has 1 amide bonds. The third kappa shape index (κ3) is 3.75. The molecule has 35 heavy (non-hydrogen) atoms. The zero-order valence-corrected chi connectivity index (χ0v) is 19.3. The van der Waals surface area contributed by atoms with Crippen LogP contribution in [0.25, 0.3) is 44.6 Å². The number of aromatic amines is 1. The maximum Gasteiger partial charge on any atom is 0.256 e. The molecule has 6 nitrogen and oxygen atoms in total.